The molecule has 0 amide bonds. The number of methoxy groups -OCH3 is 1. The number of nitrogens with zero attached hydrogens (tertiary/aromatic N) is 2. The number of hydrogen-bond donors (Lipinski definition) is 2. The van der Waals surface area contributed by atoms with Crippen molar-refractivity contribution in [1.29, 1.82) is 0 Å². The molecular weight excluding hydrogens is 340 g/mol. The van der Waals surface area contributed by atoms with Gasteiger partial charge >= 0.3 is 0 Å². The van der Waals surface area contributed by atoms with Crippen LogP contribution in [0.3, 0.4) is 0 Å². The number of rotatable bonds is 6. The number of hydrogen-bond acceptors (Lipinski definition) is 6. The number of nitrogens with one attached hydrogen (secondary N) is 2. The van der Waals surface area contributed by atoms with E-state index in [0.717, 1.165) is 39.5 Å². The summed E-state index contributed by atoms with van der Waals surface area (Å²) >= 11 is 0. The summed E-state index contributed by atoms with van der Waals surface area (Å²) in [4.78, 5) is 4.68. The van der Waals surface area contributed by atoms with E-state index in [9.17, 15) is 0 Å². The Morgan fingerprint density at radius 2 is 1.89 bits per heavy atom. The Morgan fingerprint density at radius 1 is 1.00 bits per heavy atom. The van der Waals surface area contributed by atoms with Gasteiger partial charge in [-0.2, -0.15) is 0 Å². The van der Waals surface area contributed by atoms with Gasteiger partial charge < -0.3 is 19.9 Å². The van der Waals surface area contributed by atoms with Gasteiger partial charge in [-0.3, -0.25) is 0 Å². The maximum atomic E-state index is 5.39. The number of benzene rings is 2. The maximum Gasteiger partial charge on any atom is 0.174 e. The van der Waals surface area contributed by atoms with Gasteiger partial charge in [0.05, 0.1) is 12.6 Å². The Hall–Kier alpha value is -3.54. The molecule has 0 fully saturated rings. The SMILES string of the molecule is COc1ccccc1CNc1ccc2cc(Nc3cc(C)on3)ccc2n1. The van der Waals surface area contributed by atoms with E-state index < -0.39 is 0 Å². The molecule has 2 heterocycles. The number of fused-ring (bicyclic) bond motifs is 1. The number of ether oxygens (including phenoxy) is 1. The highest BCUT2D eigenvalue weighted by molar-refractivity contribution is 5.84. The highest BCUT2D eigenvalue weighted by Gasteiger charge is 2.05. The molecule has 0 unspecified atom stereocenters. The van der Waals surface area contributed by atoms with Crippen LogP contribution in [0.1, 0.15) is 11.3 Å². The van der Waals surface area contributed by atoms with E-state index >= 15 is 0 Å². The van der Waals surface area contributed by atoms with Gasteiger partial charge in [0.1, 0.15) is 17.3 Å². The van der Waals surface area contributed by atoms with Gasteiger partial charge in [0.15, 0.2) is 5.82 Å². The van der Waals surface area contributed by atoms with E-state index in [1.165, 1.54) is 0 Å². The number of pyridine rings is 1. The second-order valence-corrected chi connectivity index (χ2v) is 6.22. The number of aryl methyl sites for hydroxylation is 1. The largest absolute Gasteiger partial charge is 0.496 e. The zero-order valence-corrected chi connectivity index (χ0v) is 15.2. The molecule has 0 radical (unpaired) electrons. The molecule has 136 valence electrons. The molecule has 0 atom stereocenters. The van der Waals surface area contributed by atoms with Crippen LogP contribution in [0.5, 0.6) is 5.75 Å². The summed E-state index contributed by atoms with van der Waals surface area (Å²) in [5.74, 6) is 3.14. The molecule has 27 heavy (non-hydrogen) atoms. The first-order valence-corrected chi connectivity index (χ1v) is 8.68. The molecule has 6 nitrogen and oxygen atoms in total. The highest BCUT2D eigenvalue weighted by atomic mass is 16.5. The first-order chi connectivity index (χ1) is 13.2. The Morgan fingerprint density at radius 3 is 2.70 bits per heavy atom. The van der Waals surface area contributed by atoms with Crippen LogP contribution in [0.2, 0.25) is 0 Å². The predicted molar refractivity (Wildman–Crippen MR) is 107 cm³/mol. The second-order valence-electron chi connectivity index (χ2n) is 6.22. The van der Waals surface area contributed by atoms with Crippen molar-refractivity contribution in [3.8, 4) is 5.75 Å². The molecule has 0 saturated heterocycles. The summed E-state index contributed by atoms with van der Waals surface area (Å²) in [5.41, 5.74) is 2.94. The molecule has 0 aliphatic carbocycles. The van der Waals surface area contributed by atoms with Crippen LogP contribution in [0.25, 0.3) is 10.9 Å². The molecule has 2 N–H and O–H groups in total. The summed E-state index contributed by atoms with van der Waals surface area (Å²) in [7, 11) is 1.68. The van der Waals surface area contributed by atoms with Crippen molar-refractivity contribution < 1.29 is 9.26 Å². The molecule has 0 aliphatic rings. The van der Waals surface area contributed by atoms with Crippen LogP contribution >= 0.6 is 0 Å². The van der Waals surface area contributed by atoms with E-state index in [0.29, 0.717) is 12.4 Å². The summed E-state index contributed by atoms with van der Waals surface area (Å²) in [6.07, 6.45) is 0. The smallest absolute Gasteiger partial charge is 0.174 e. The fourth-order valence-electron chi connectivity index (χ4n) is 2.91. The van der Waals surface area contributed by atoms with Crippen molar-refractivity contribution in [1.82, 2.24) is 10.1 Å². The standard InChI is InChI=1S/C21H20N4O2/c1-14-11-21(25-27-14)23-17-8-9-18-15(12-17)7-10-20(24-18)22-13-16-5-3-4-6-19(16)26-2/h3-12H,13H2,1-2H3,(H,22,24)(H,23,25). The van der Waals surface area contributed by atoms with E-state index in [1.807, 2.05) is 67.6 Å². The third-order valence-electron chi connectivity index (χ3n) is 4.24. The highest BCUT2D eigenvalue weighted by Crippen LogP contribution is 2.23. The third-order valence-corrected chi connectivity index (χ3v) is 4.24. The lowest BCUT2D eigenvalue weighted by Crippen LogP contribution is -2.03. The zero-order chi connectivity index (χ0) is 18.6. The summed E-state index contributed by atoms with van der Waals surface area (Å²) in [5, 5.41) is 11.6. The lowest BCUT2D eigenvalue weighted by Gasteiger charge is -2.11. The molecule has 0 spiro atoms. The molecular formula is C21H20N4O2. The minimum Gasteiger partial charge on any atom is -0.496 e. The van der Waals surface area contributed by atoms with Crippen LogP contribution in [0.4, 0.5) is 17.3 Å². The molecule has 4 aromatic rings. The fourth-order valence-corrected chi connectivity index (χ4v) is 2.91. The lowest BCUT2D eigenvalue weighted by molar-refractivity contribution is 0.400. The molecule has 6 heteroatoms. The summed E-state index contributed by atoms with van der Waals surface area (Å²) in [6.45, 7) is 2.51. The topological polar surface area (TPSA) is 72.2 Å². The lowest BCUT2D eigenvalue weighted by atomic mass is 10.2. The average Bonchev–Trinajstić information content (AvgIpc) is 3.11. The molecule has 2 aromatic heterocycles. The predicted octanol–water partition coefficient (Wildman–Crippen LogP) is 4.90. The Kier molecular flexibility index (Phi) is 4.61. The van der Waals surface area contributed by atoms with Crippen LogP contribution in [-0.4, -0.2) is 17.3 Å². The van der Waals surface area contributed by atoms with Gasteiger partial charge in [-0.1, -0.05) is 23.4 Å². The van der Waals surface area contributed by atoms with Crippen molar-refractivity contribution in [3.05, 3.63) is 72.0 Å². The van der Waals surface area contributed by atoms with Crippen molar-refractivity contribution in [3.63, 3.8) is 0 Å². The minimum absolute atomic E-state index is 0.646. The van der Waals surface area contributed by atoms with Crippen LogP contribution in [-0.2, 0) is 6.54 Å². The van der Waals surface area contributed by atoms with Crippen LogP contribution < -0.4 is 15.4 Å². The maximum absolute atomic E-state index is 5.39. The first-order valence-electron chi connectivity index (χ1n) is 8.68. The number of anilines is 3. The van der Waals surface area contributed by atoms with Gasteiger partial charge in [0.2, 0.25) is 0 Å². The number of para-hydroxylation sites is 1. The Bertz CT molecular complexity index is 1070. The average molecular weight is 360 g/mol. The third kappa shape index (κ3) is 3.84. The fraction of sp³-hybridized carbons (Fsp3) is 0.143. The summed E-state index contributed by atoms with van der Waals surface area (Å²) in [6, 6.07) is 19.8. The molecule has 2 aromatic carbocycles. The van der Waals surface area contributed by atoms with Crippen molar-refractivity contribution in [2.75, 3.05) is 17.7 Å². The Labute approximate surface area is 157 Å². The molecule has 4 rings (SSSR count). The first kappa shape index (κ1) is 16.9. The molecule has 0 saturated carbocycles. The van der Waals surface area contributed by atoms with E-state index in [2.05, 4.69) is 20.8 Å². The van der Waals surface area contributed by atoms with Gasteiger partial charge in [0.25, 0.3) is 0 Å². The van der Waals surface area contributed by atoms with E-state index in [-0.39, 0.29) is 0 Å². The normalized spacial score (nSPS) is 10.7. The van der Waals surface area contributed by atoms with Gasteiger partial charge in [0, 0.05) is 29.2 Å². The van der Waals surface area contributed by atoms with Crippen LogP contribution in [0, 0.1) is 6.92 Å². The van der Waals surface area contributed by atoms with Crippen molar-refractivity contribution >= 4 is 28.2 Å². The van der Waals surface area contributed by atoms with Crippen LogP contribution in [0.15, 0.2) is 65.2 Å². The molecule has 0 aliphatic heterocycles. The van der Waals surface area contributed by atoms with Gasteiger partial charge in [-0.05, 0) is 43.3 Å². The van der Waals surface area contributed by atoms with E-state index in [4.69, 9.17) is 9.26 Å². The second kappa shape index (κ2) is 7.37. The van der Waals surface area contributed by atoms with Gasteiger partial charge in [-0.25, -0.2) is 4.98 Å². The monoisotopic (exact) mass is 360 g/mol. The van der Waals surface area contributed by atoms with Crippen molar-refractivity contribution in [2.45, 2.75) is 13.5 Å². The number of aromatic nitrogens is 2. The van der Waals surface area contributed by atoms with Crippen molar-refractivity contribution in [2.24, 2.45) is 0 Å². The quantitative estimate of drug-likeness (QED) is 0.510. The minimum atomic E-state index is 0.646. The molecule has 0 bridgehead atoms. The zero-order valence-electron chi connectivity index (χ0n) is 15.2. The van der Waals surface area contributed by atoms with Gasteiger partial charge in [-0.15, -0.1) is 0 Å². The summed E-state index contributed by atoms with van der Waals surface area (Å²) < 4.78 is 10.5. The Balaban J connectivity index is 1.50. The van der Waals surface area contributed by atoms with E-state index in [1.54, 1.807) is 7.11 Å².